The van der Waals surface area contributed by atoms with Gasteiger partial charge < -0.3 is 5.11 Å². The highest BCUT2D eigenvalue weighted by Gasteiger charge is 2.23. The molecule has 0 saturated heterocycles. The topological polar surface area (TPSA) is 20.2 Å². The molecule has 3 rings (SSSR count). The van der Waals surface area contributed by atoms with Crippen LogP contribution in [0, 0.1) is 5.92 Å². The van der Waals surface area contributed by atoms with Crippen molar-refractivity contribution in [2.45, 2.75) is 44.6 Å². The van der Waals surface area contributed by atoms with E-state index in [1.807, 2.05) is 18.2 Å². The molecule has 0 heterocycles. The second-order valence-electron chi connectivity index (χ2n) is 5.76. The van der Waals surface area contributed by atoms with Gasteiger partial charge in [0.25, 0.3) is 0 Å². The average molecular weight is 254 g/mol. The number of benzene rings is 1. The molecule has 1 fully saturated rings. The quantitative estimate of drug-likeness (QED) is 0.762. The number of hydrogen-bond acceptors (Lipinski definition) is 1. The third-order valence-corrected chi connectivity index (χ3v) is 4.42. The molecule has 1 aromatic carbocycles. The number of aliphatic hydroxyl groups is 1. The monoisotopic (exact) mass is 254 g/mol. The fourth-order valence-electron chi connectivity index (χ4n) is 3.22. The van der Waals surface area contributed by atoms with Crippen LogP contribution >= 0.6 is 0 Å². The van der Waals surface area contributed by atoms with Crippen LogP contribution in [0.5, 0.6) is 0 Å². The molecule has 0 spiro atoms. The highest BCUT2D eigenvalue weighted by Crippen LogP contribution is 2.35. The minimum atomic E-state index is -0.346. The van der Waals surface area contributed by atoms with Gasteiger partial charge in [0.2, 0.25) is 0 Å². The van der Waals surface area contributed by atoms with Crippen LogP contribution in [0.25, 0.3) is 6.08 Å². The molecular formula is C18H22O. The fourth-order valence-corrected chi connectivity index (χ4v) is 3.22. The molecule has 0 bridgehead atoms. The summed E-state index contributed by atoms with van der Waals surface area (Å²) < 4.78 is 0. The van der Waals surface area contributed by atoms with Crippen LogP contribution in [0.3, 0.4) is 0 Å². The Morgan fingerprint density at radius 1 is 1.11 bits per heavy atom. The van der Waals surface area contributed by atoms with E-state index in [0.29, 0.717) is 0 Å². The Balaban J connectivity index is 1.70. The third-order valence-electron chi connectivity index (χ3n) is 4.42. The first-order valence-electron chi connectivity index (χ1n) is 7.48. The lowest BCUT2D eigenvalue weighted by Gasteiger charge is -2.25. The molecule has 0 radical (unpaired) electrons. The first-order chi connectivity index (χ1) is 9.34. The second kappa shape index (κ2) is 5.75. The highest BCUT2D eigenvalue weighted by atomic mass is 16.3. The molecule has 100 valence electrons. The van der Waals surface area contributed by atoms with Crippen LogP contribution in [0.1, 0.15) is 55.8 Å². The number of aliphatic hydroxyl groups excluding tert-OH is 1. The van der Waals surface area contributed by atoms with Gasteiger partial charge in [0, 0.05) is 5.92 Å². The Morgan fingerprint density at radius 3 is 2.74 bits per heavy atom. The zero-order chi connectivity index (χ0) is 13.1. The zero-order valence-corrected chi connectivity index (χ0v) is 11.4. The first kappa shape index (κ1) is 12.7. The smallest absolute Gasteiger partial charge is 0.0861 e. The number of hydrogen-bond donors (Lipinski definition) is 1. The maximum atomic E-state index is 10.5. The lowest BCUT2D eigenvalue weighted by Crippen LogP contribution is -2.14. The predicted molar refractivity (Wildman–Crippen MR) is 79.7 cm³/mol. The maximum absolute atomic E-state index is 10.5. The van der Waals surface area contributed by atoms with Crippen LogP contribution in [0.15, 0.2) is 42.0 Å². The molecule has 0 aliphatic heterocycles. The Kier molecular flexibility index (Phi) is 3.84. The van der Waals surface area contributed by atoms with Gasteiger partial charge in [-0.3, -0.25) is 0 Å². The molecule has 1 nitrogen and oxygen atoms in total. The Hall–Kier alpha value is -1.34. The number of rotatable bonds is 2. The van der Waals surface area contributed by atoms with Crippen molar-refractivity contribution < 1.29 is 5.11 Å². The summed E-state index contributed by atoms with van der Waals surface area (Å²) in [5.41, 5.74) is 3.85. The van der Waals surface area contributed by atoms with Gasteiger partial charge >= 0.3 is 0 Å². The van der Waals surface area contributed by atoms with E-state index in [-0.39, 0.29) is 12.0 Å². The van der Waals surface area contributed by atoms with Gasteiger partial charge in [-0.1, -0.05) is 54.5 Å². The lowest BCUT2D eigenvalue weighted by molar-refractivity contribution is 0.131. The van der Waals surface area contributed by atoms with E-state index in [1.54, 1.807) is 5.57 Å². The first-order valence-corrected chi connectivity index (χ1v) is 7.48. The largest absolute Gasteiger partial charge is 0.388 e. The Labute approximate surface area is 115 Å². The summed E-state index contributed by atoms with van der Waals surface area (Å²) in [7, 11) is 0. The molecule has 1 heteroatoms. The summed E-state index contributed by atoms with van der Waals surface area (Å²) in [6, 6.07) is 8.16. The van der Waals surface area contributed by atoms with E-state index in [4.69, 9.17) is 0 Å². The van der Waals surface area contributed by atoms with E-state index in [1.165, 1.54) is 32.1 Å². The van der Waals surface area contributed by atoms with Gasteiger partial charge in [-0.25, -0.2) is 0 Å². The number of fused-ring (bicyclic) bond motifs is 1. The molecule has 19 heavy (non-hydrogen) atoms. The summed E-state index contributed by atoms with van der Waals surface area (Å²) in [6.07, 6.45) is 13.9. The minimum Gasteiger partial charge on any atom is -0.388 e. The molecule has 0 aromatic heterocycles. The van der Waals surface area contributed by atoms with Crippen molar-refractivity contribution >= 4 is 6.08 Å². The highest BCUT2D eigenvalue weighted by molar-refractivity contribution is 5.57. The van der Waals surface area contributed by atoms with Crippen LogP contribution in [0.2, 0.25) is 0 Å². The maximum Gasteiger partial charge on any atom is 0.0861 e. The second-order valence-corrected chi connectivity index (χ2v) is 5.76. The van der Waals surface area contributed by atoms with Crippen molar-refractivity contribution in [3.63, 3.8) is 0 Å². The molecule has 1 saturated carbocycles. The van der Waals surface area contributed by atoms with E-state index in [0.717, 1.165) is 17.5 Å². The summed E-state index contributed by atoms with van der Waals surface area (Å²) >= 11 is 0. The molecule has 1 N–H and O–H groups in total. The van der Waals surface area contributed by atoms with Crippen molar-refractivity contribution in [3.8, 4) is 0 Å². The van der Waals surface area contributed by atoms with Gasteiger partial charge in [-0.05, 0) is 43.2 Å². The van der Waals surface area contributed by atoms with Gasteiger partial charge in [-0.15, -0.1) is 0 Å². The van der Waals surface area contributed by atoms with Crippen molar-refractivity contribution in [1.29, 1.82) is 0 Å². The fraction of sp³-hybridized carbons (Fsp3) is 0.444. The molecule has 0 unspecified atom stereocenters. The average Bonchev–Trinajstić information content (AvgIpc) is 2.48. The Bertz CT molecular complexity index is 490. The lowest BCUT2D eigenvalue weighted by atomic mass is 9.84. The predicted octanol–water partition coefficient (Wildman–Crippen LogP) is 4.64. The Morgan fingerprint density at radius 2 is 1.89 bits per heavy atom. The third kappa shape index (κ3) is 2.82. The summed E-state index contributed by atoms with van der Waals surface area (Å²) in [5, 5.41) is 10.5. The van der Waals surface area contributed by atoms with Crippen LogP contribution in [0.4, 0.5) is 0 Å². The number of allylic oxidation sites excluding steroid dienone is 2. The SMILES string of the molecule is O[C@@H]1c2ccccc2C=C[C@@H]1CC=C1CCCCC1. The standard InChI is InChI=1S/C18H22O/c19-18-16(11-10-14-6-2-1-3-7-14)13-12-15-8-4-5-9-17(15)18/h4-5,8-10,12-13,16,18-19H,1-3,6-7,11H2/t16-,18-/m0/s1. The summed E-state index contributed by atoms with van der Waals surface area (Å²) in [4.78, 5) is 0. The van der Waals surface area contributed by atoms with Crippen LogP contribution < -0.4 is 0 Å². The van der Waals surface area contributed by atoms with Gasteiger partial charge in [0.15, 0.2) is 0 Å². The van der Waals surface area contributed by atoms with Crippen molar-refractivity contribution in [1.82, 2.24) is 0 Å². The molecule has 2 atom stereocenters. The minimum absolute atomic E-state index is 0.240. The van der Waals surface area contributed by atoms with Gasteiger partial charge in [0.1, 0.15) is 0 Å². The van der Waals surface area contributed by atoms with Crippen molar-refractivity contribution in [2.24, 2.45) is 5.92 Å². The zero-order valence-electron chi connectivity index (χ0n) is 11.4. The molecule has 1 aromatic rings. The summed E-state index contributed by atoms with van der Waals surface area (Å²) in [6.45, 7) is 0. The molecule has 2 aliphatic carbocycles. The molecule has 0 amide bonds. The van der Waals surface area contributed by atoms with E-state index in [9.17, 15) is 5.11 Å². The molecular weight excluding hydrogens is 232 g/mol. The van der Waals surface area contributed by atoms with Crippen LogP contribution in [-0.4, -0.2) is 5.11 Å². The van der Waals surface area contributed by atoms with E-state index < -0.39 is 0 Å². The summed E-state index contributed by atoms with van der Waals surface area (Å²) in [5.74, 6) is 0.240. The van der Waals surface area contributed by atoms with E-state index in [2.05, 4.69) is 24.3 Å². The van der Waals surface area contributed by atoms with Crippen molar-refractivity contribution in [3.05, 3.63) is 53.1 Å². The normalized spacial score (nSPS) is 26.1. The molecule has 2 aliphatic rings. The van der Waals surface area contributed by atoms with Crippen LogP contribution in [-0.2, 0) is 0 Å². The van der Waals surface area contributed by atoms with Gasteiger partial charge in [0.05, 0.1) is 6.10 Å². The van der Waals surface area contributed by atoms with Crippen molar-refractivity contribution in [2.75, 3.05) is 0 Å². The van der Waals surface area contributed by atoms with E-state index >= 15 is 0 Å². The van der Waals surface area contributed by atoms with Gasteiger partial charge in [-0.2, -0.15) is 0 Å².